The van der Waals surface area contributed by atoms with Gasteiger partial charge in [0.15, 0.2) is 0 Å². The molecule has 0 aliphatic rings. The Morgan fingerprint density at radius 3 is 2.27 bits per heavy atom. The van der Waals surface area contributed by atoms with Crippen LogP contribution in [-0.4, -0.2) is 37.2 Å². The number of nitrogens with one attached hydrogen (secondary N) is 2. The van der Waals surface area contributed by atoms with Crippen molar-refractivity contribution in [1.82, 2.24) is 5.32 Å². The van der Waals surface area contributed by atoms with Gasteiger partial charge in [0.2, 0.25) is 5.91 Å². The van der Waals surface area contributed by atoms with Gasteiger partial charge < -0.3 is 25.8 Å². The Morgan fingerprint density at radius 1 is 0.900 bits per heavy atom. The van der Waals surface area contributed by atoms with Crippen LogP contribution in [0.2, 0.25) is 0 Å². The summed E-state index contributed by atoms with van der Waals surface area (Å²) in [7, 11) is 0. The van der Waals surface area contributed by atoms with Crippen LogP contribution in [0.5, 0.6) is 5.75 Å². The molecule has 0 saturated heterocycles. The molecule has 1 amide bonds. The number of anilines is 1. The van der Waals surface area contributed by atoms with E-state index in [4.69, 9.17) is 15.2 Å². The maximum atomic E-state index is 13.7. The molecule has 0 saturated carbocycles. The van der Waals surface area contributed by atoms with Crippen molar-refractivity contribution < 1.29 is 27.8 Å². The summed E-state index contributed by atoms with van der Waals surface area (Å²) in [6, 6.07) is 17.5. The molecule has 2 atom stereocenters. The van der Waals surface area contributed by atoms with E-state index in [1.807, 2.05) is 25.1 Å². The largest absolute Gasteiger partial charge is 0.494 e. The monoisotopic (exact) mass is 553 g/mol. The highest BCUT2D eigenvalue weighted by atomic mass is 19.1. The molecule has 0 bridgehead atoms. The van der Waals surface area contributed by atoms with Crippen LogP contribution >= 0.6 is 0 Å². The third-order valence-electron chi connectivity index (χ3n) is 6.23. The van der Waals surface area contributed by atoms with Gasteiger partial charge >= 0.3 is 5.97 Å². The van der Waals surface area contributed by atoms with E-state index >= 15 is 0 Å². The number of halogens is 2. The highest BCUT2D eigenvalue weighted by Gasteiger charge is 2.23. The van der Waals surface area contributed by atoms with Gasteiger partial charge in [0.25, 0.3) is 0 Å². The Morgan fingerprint density at radius 2 is 1.60 bits per heavy atom. The van der Waals surface area contributed by atoms with E-state index < -0.39 is 29.7 Å². The highest BCUT2D eigenvalue weighted by molar-refractivity contribution is 5.92. The predicted molar refractivity (Wildman–Crippen MR) is 151 cm³/mol. The molecule has 2 unspecified atom stereocenters. The van der Waals surface area contributed by atoms with Gasteiger partial charge in [-0.15, -0.1) is 0 Å². The third kappa shape index (κ3) is 10.4. The molecule has 0 aliphatic heterocycles. The number of hydrogen-bond donors (Lipinski definition) is 3. The van der Waals surface area contributed by atoms with Crippen LogP contribution in [0.15, 0.2) is 66.7 Å². The number of nitrogens with two attached hydrogens (primary N) is 1. The summed E-state index contributed by atoms with van der Waals surface area (Å²) in [5, 5.41) is 6.00. The van der Waals surface area contributed by atoms with E-state index in [0.717, 1.165) is 18.1 Å². The molecule has 0 aromatic heterocycles. The second-order valence-electron chi connectivity index (χ2n) is 9.48. The molecule has 0 fully saturated rings. The Labute approximate surface area is 234 Å². The normalized spacial score (nSPS) is 12.4. The minimum absolute atomic E-state index is 0.0830. The van der Waals surface area contributed by atoms with Crippen LogP contribution in [0.4, 0.5) is 14.5 Å². The summed E-state index contributed by atoms with van der Waals surface area (Å²) >= 11 is 0. The summed E-state index contributed by atoms with van der Waals surface area (Å²) in [5.41, 5.74) is 9.58. The van der Waals surface area contributed by atoms with Crippen LogP contribution in [0.1, 0.15) is 43.4 Å². The van der Waals surface area contributed by atoms with Crippen LogP contribution in [0, 0.1) is 11.6 Å². The van der Waals surface area contributed by atoms with Crippen molar-refractivity contribution in [1.29, 1.82) is 0 Å². The van der Waals surface area contributed by atoms with Crippen molar-refractivity contribution in [2.75, 3.05) is 18.5 Å². The number of carbonyl (C=O) groups is 2. The quantitative estimate of drug-likeness (QED) is 0.231. The maximum Gasteiger partial charge on any atom is 0.306 e. The van der Waals surface area contributed by atoms with Gasteiger partial charge in [-0.1, -0.05) is 31.2 Å². The van der Waals surface area contributed by atoms with Gasteiger partial charge in [0.1, 0.15) is 23.5 Å². The summed E-state index contributed by atoms with van der Waals surface area (Å²) in [6.07, 6.45) is -0.0189. The first-order chi connectivity index (χ1) is 19.2. The lowest BCUT2D eigenvalue weighted by molar-refractivity contribution is -0.150. The number of benzene rings is 3. The van der Waals surface area contributed by atoms with E-state index in [-0.39, 0.29) is 31.7 Å². The number of esters is 1. The predicted octanol–water partition coefficient (Wildman–Crippen LogP) is 4.92. The molecule has 7 nitrogen and oxygen atoms in total. The van der Waals surface area contributed by atoms with E-state index in [2.05, 4.69) is 23.6 Å². The fourth-order valence-electron chi connectivity index (χ4n) is 4.20. The molecule has 4 N–H and O–H groups in total. The Hall–Kier alpha value is -3.82. The second kappa shape index (κ2) is 15.7. The summed E-state index contributed by atoms with van der Waals surface area (Å²) in [5.74, 6) is -1.65. The molecule has 40 heavy (non-hydrogen) atoms. The number of carbonyl (C=O) groups excluding carboxylic acids is 2. The Kier molecular flexibility index (Phi) is 12.0. The topological polar surface area (TPSA) is 103 Å². The number of hydrogen-bond acceptors (Lipinski definition) is 6. The molecule has 0 radical (unpaired) electrons. The summed E-state index contributed by atoms with van der Waals surface area (Å²) < 4.78 is 38.5. The first-order valence-electron chi connectivity index (χ1n) is 13.5. The standard InChI is InChI=1S/C31H37F2N3O4/c1-3-21-6-5-7-22(14-21)19-35-20-29(28(34)17-23-15-24(32)18-25(33)16-23)40-31(38)13-12-30(37)36-26-8-10-27(11-9-26)39-4-2/h5-11,14-16,18,28-29,35H,3-4,12-13,17,19-20,34H2,1-2H3,(H,36,37). The van der Waals surface area contributed by atoms with Crippen LogP contribution in [0.3, 0.4) is 0 Å². The molecule has 3 rings (SSSR count). The van der Waals surface area contributed by atoms with Crippen LogP contribution < -0.4 is 21.1 Å². The number of amides is 1. The molecule has 0 spiro atoms. The lowest BCUT2D eigenvalue weighted by Crippen LogP contribution is -2.46. The molecule has 214 valence electrons. The lowest BCUT2D eigenvalue weighted by Gasteiger charge is -2.25. The van der Waals surface area contributed by atoms with Crippen molar-refractivity contribution >= 4 is 17.6 Å². The molecule has 3 aromatic rings. The molecule has 3 aromatic carbocycles. The SMILES string of the molecule is CCOc1ccc(NC(=O)CCC(=O)OC(CNCc2cccc(CC)c2)C(N)Cc2cc(F)cc(F)c2)cc1. The van der Waals surface area contributed by atoms with Gasteiger partial charge in [0.05, 0.1) is 13.0 Å². The van der Waals surface area contributed by atoms with E-state index in [0.29, 0.717) is 30.2 Å². The maximum absolute atomic E-state index is 13.7. The average molecular weight is 554 g/mol. The highest BCUT2D eigenvalue weighted by Crippen LogP contribution is 2.17. The zero-order chi connectivity index (χ0) is 28.9. The van der Waals surface area contributed by atoms with Crippen molar-refractivity contribution in [2.24, 2.45) is 5.73 Å². The van der Waals surface area contributed by atoms with Gasteiger partial charge in [-0.2, -0.15) is 0 Å². The molecular weight excluding hydrogens is 516 g/mol. The smallest absolute Gasteiger partial charge is 0.306 e. The molecule has 0 aliphatic carbocycles. The fourth-order valence-corrected chi connectivity index (χ4v) is 4.20. The zero-order valence-corrected chi connectivity index (χ0v) is 22.9. The van der Waals surface area contributed by atoms with Crippen molar-refractivity contribution in [2.45, 2.75) is 58.2 Å². The van der Waals surface area contributed by atoms with Crippen LogP contribution in [0.25, 0.3) is 0 Å². The average Bonchev–Trinajstić information content (AvgIpc) is 2.92. The summed E-state index contributed by atoms with van der Waals surface area (Å²) in [4.78, 5) is 25.1. The number of aryl methyl sites for hydroxylation is 1. The van der Waals surface area contributed by atoms with Gasteiger partial charge in [-0.3, -0.25) is 9.59 Å². The van der Waals surface area contributed by atoms with Gasteiger partial charge in [-0.25, -0.2) is 8.78 Å². The Balaban J connectivity index is 1.57. The van der Waals surface area contributed by atoms with Crippen molar-refractivity contribution in [3.05, 3.63) is 95.1 Å². The lowest BCUT2D eigenvalue weighted by atomic mass is 10.0. The fraction of sp³-hybridized carbons (Fsp3) is 0.355. The second-order valence-corrected chi connectivity index (χ2v) is 9.48. The van der Waals surface area contributed by atoms with Crippen LogP contribution in [-0.2, 0) is 33.7 Å². The molecular formula is C31H37F2N3O4. The minimum atomic E-state index is -0.789. The van der Waals surface area contributed by atoms with E-state index in [1.54, 1.807) is 24.3 Å². The zero-order valence-electron chi connectivity index (χ0n) is 22.9. The number of ether oxygens (including phenoxy) is 2. The molecule has 9 heteroatoms. The Bertz CT molecular complexity index is 1230. The van der Waals surface area contributed by atoms with Gasteiger partial charge in [0, 0.05) is 37.3 Å². The third-order valence-corrected chi connectivity index (χ3v) is 6.23. The van der Waals surface area contributed by atoms with E-state index in [9.17, 15) is 18.4 Å². The number of rotatable bonds is 15. The minimum Gasteiger partial charge on any atom is -0.494 e. The van der Waals surface area contributed by atoms with Crippen molar-refractivity contribution in [3.63, 3.8) is 0 Å². The molecule has 0 heterocycles. The van der Waals surface area contributed by atoms with Crippen molar-refractivity contribution in [3.8, 4) is 5.75 Å². The summed E-state index contributed by atoms with van der Waals surface area (Å²) in [6.45, 7) is 5.25. The first-order valence-corrected chi connectivity index (χ1v) is 13.5. The first kappa shape index (κ1) is 30.7. The van der Waals surface area contributed by atoms with E-state index in [1.165, 1.54) is 17.7 Å². The van der Waals surface area contributed by atoms with Gasteiger partial charge in [-0.05, 0) is 72.9 Å².